The largest absolute Gasteiger partial charge is 0.507 e. The van der Waals surface area contributed by atoms with Gasteiger partial charge in [0, 0.05) is 9.35 Å². The fourth-order valence-electron chi connectivity index (χ4n) is 1.38. The first kappa shape index (κ1) is 13.0. The van der Waals surface area contributed by atoms with Crippen LogP contribution in [-0.2, 0) is 0 Å². The number of phenols is 1. The number of aromatic nitrogens is 1. The molecule has 2 rings (SSSR count). The van der Waals surface area contributed by atoms with Crippen LogP contribution >= 0.6 is 27.3 Å². The minimum absolute atomic E-state index is 0.0549. The number of anilines is 1. The third-order valence-electron chi connectivity index (χ3n) is 2.45. The number of halogens is 1. The molecule has 1 amide bonds. The zero-order valence-electron chi connectivity index (χ0n) is 9.82. The number of aromatic hydroxyl groups is 1. The van der Waals surface area contributed by atoms with Gasteiger partial charge >= 0.3 is 0 Å². The molecule has 0 saturated heterocycles. The van der Waals surface area contributed by atoms with E-state index in [1.807, 2.05) is 13.8 Å². The van der Waals surface area contributed by atoms with Crippen LogP contribution in [-0.4, -0.2) is 16.0 Å². The van der Waals surface area contributed by atoms with E-state index in [9.17, 15) is 9.90 Å². The molecule has 1 heterocycles. The summed E-state index contributed by atoms with van der Waals surface area (Å²) in [5, 5.41) is 12.9. The van der Waals surface area contributed by atoms with Crippen molar-refractivity contribution in [1.29, 1.82) is 0 Å². The Hall–Kier alpha value is -1.40. The summed E-state index contributed by atoms with van der Waals surface area (Å²) in [7, 11) is 0. The SMILES string of the molecule is Cc1nc(NC(=O)c2cc(Br)ccc2O)sc1C. The number of benzene rings is 1. The quantitative estimate of drug-likeness (QED) is 0.888. The average Bonchev–Trinajstić information content (AvgIpc) is 2.61. The van der Waals surface area contributed by atoms with Gasteiger partial charge in [-0.2, -0.15) is 0 Å². The summed E-state index contributed by atoms with van der Waals surface area (Å²) in [5.41, 5.74) is 1.11. The van der Waals surface area contributed by atoms with E-state index in [0.717, 1.165) is 15.0 Å². The summed E-state index contributed by atoms with van der Waals surface area (Å²) in [6.07, 6.45) is 0. The number of thiazole rings is 1. The molecular formula is C12H11BrN2O2S. The lowest BCUT2D eigenvalue weighted by Gasteiger charge is -2.04. The van der Waals surface area contributed by atoms with Gasteiger partial charge in [0.05, 0.1) is 11.3 Å². The molecule has 2 N–H and O–H groups in total. The zero-order valence-corrected chi connectivity index (χ0v) is 12.2. The van der Waals surface area contributed by atoms with Crippen LogP contribution < -0.4 is 5.32 Å². The summed E-state index contributed by atoms with van der Waals surface area (Å²) in [6.45, 7) is 3.83. The van der Waals surface area contributed by atoms with E-state index in [1.165, 1.54) is 17.4 Å². The highest BCUT2D eigenvalue weighted by Gasteiger charge is 2.14. The predicted octanol–water partition coefficient (Wildman–Crippen LogP) is 3.48. The van der Waals surface area contributed by atoms with Gasteiger partial charge in [-0.05, 0) is 32.0 Å². The van der Waals surface area contributed by atoms with Gasteiger partial charge in [-0.1, -0.05) is 15.9 Å². The normalized spacial score (nSPS) is 10.4. The first-order valence-corrected chi connectivity index (χ1v) is 6.82. The van der Waals surface area contributed by atoms with Crippen molar-refractivity contribution in [2.75, 3.05) is 5.32 Å². The number of nitrogens with zero attached hydrogens (tertiary/aromatic N) is 1. The van der Waals surface area contributed by atoms with Gasteiger partial charge in [-0.3, -0.25) is 10.1 Å². The molecule has 6 heteroatoms. The first-order valence-electron chi connectivity index (χ1n) is 5.21. The molecule has 0 aliphatic heterocycles. The van der Waals surface area contributed by atoms with Crippen molar-refractivity contribution in [3.05, 3.63) is 38.8 Å². The van der Waals surface area contributed by atoms with Crippen LogP contribution in [0.4, 0.5) is 5.13 Å². The molecule has 1 aromatic carbocycles. The van der Waals surface area contributed by atoms with Crippen molar-refractivity contribution in [3.63, 3.8) is 0 Å². The van der Waals surface area contributed by atoms with Crippen molar-refractivity contribution in [3.8, 4) is 5.75 Å². The minimum atomic E-state index is -0.373. The molecule has 4 nitrogen and oxygen atoms in total. The summed E-state index contributed by atoms with van der Waals surface area (Å²) in [5.74, 6) is -0.428. The van der Waals surface area contributed by atoms with Gasteiger partial charge < -0.3 is 5.11 Å². The van der Waals surface area contributed by atoms with Crippen LogP contribution in [0.1, 0.15) is 20.9 Å². The number of nitrogens with one attached hydrogen (secondary N) is 1. The van der Waals surface area contributed by atoms with E-state index in [0.29, 0.717) is 5.13 Å². The van der Waals surface area contributed by atoms with Crippen molar-refractivity contribution in [2.45, 2.75) is 13.8 Å². The number of carbonyl (C=O) groups excluding carboxylic acids is 1. The third kappa shape index (κ3) is 2.70. The van der Waals surface area contributed by atoms with Crippen LogP contribution in [0.5, 0.6) is 5.75 Å². The summed E-state index contributed by atoms with van der Waals surface area (Å²) in [4.78, 5) is 17.3. The van der Waals surface area contributed by atoms with Crippen molar-refractivity contribution >= 4 is 38.3 Å². The van der Waals surface area contributed by atoms with E-state index in [-0.39, 0.29) is 17.2 Å². The van der Waals surface area contributed by atoms with Gasteiger partial charge in [0.15, 0.2) is 5.13 Å². The van der Waals surface area contributed by atoms with E-state index in [2.05, 4.69) is 26.2 Å². The van der Waals surface area contributed by atoms with E-state index >= 15 is 0 Å². The lowest BCUT2D eigenvalue weighted by Crippen LogP contribution is -2.11. The monoisotopic (exact) mass is 326 g/mol. The molecule has 0 bridgehead atoms. The first-order chi connectivity index (χ1) is 8.47. The Balaban J connectivity index is 2.24. The third-order valence-corrected chi connectivity index (χ3v) is 3.93. The Kier molecular flexibility index (Phi) is 3.68. The van der Waals surface area contributed by atoms with E-state index in [1.54, 1.807) is 12.1 Å². The standard InChI is InChI=1S/C12H11BrN2O2S/c1-6-7(2)18-12(14-6)15-11(17)9-5-8(13)3-4-10(9)16/h3-5,16H,1-2H3,(H,14,15,17). The molecule has 0 saturated carbocycles. The Bertz CT molecular complexity index is 591. The van der Waals surface area contributed by atoms with Crippen LogP contribution in [0, 0.1) is 13.8 Å². The molecule has 0 fully saturated rings. The molecule has 94 valence electrons. The topological polar surface area (TPSA) is 62.2 Å². The maximum atomic E-state index is 12.0. The van der Waals surface area contributed by atoms with Gasteiger partial charge in [-0.25, -0.2) is 4.98 Å². The smallest absolute Gasteiger partial charge is 0.261 e. The number of amides is 1. The van der Waals surface area contributed by atoms with Crippen molar-refractivity contribution < 1.29 is 9.90 Å². The van der Waals surface area contributed by atoms with E-state index < -0.39 is 0 Å². The van der Waals surface area contributed by atoms with Crippen LogP contribution in [0.2, 0.25) is 0 Å². The highest BCUT2D eigenvalue weighted by molar-refractivity contribution is 9.10. The summed E-state index contributed by atoms with van der Waals surface area (Å²) < 4.78 is 0.733. The number of hydrogen-bond donors (Lipinski definition) is 2. The number of hydrogen-bond acceptors (Lipinski definition) is 4. The summed E-state index contributed by atoms with van der Waals surface area (Å²) in [6, 6.07) is 4.71. The molecule has 18 heavy (non-hydrogen) atoms. The number of phenolic OH excluding ortho intramolecular Hbond substituents is 1. The maximum Gasteiger partial charge on any atom is 0.261 e. The molecule has 0 aliphatic rings. The van der Waals surface area contributed by atoms with Crippen molar-refractivity contribution in [1.82, 2.24) is 4.98 Å². The lowest BCUT2D eigenvalue weighted by molar-refractivity contribution is 0.102. The second-order valence-corrected chi connectivity index (χ2v) is 5.90. The fourth-order valence-corrected chi connectivity index (χ4v) is 2.55. The van der Waals surface area contributed by atoms with Gasteiger partial charge in [0.1, 0.15) is 5.75 Å². The molecular weight excluding hydrogens is 316 g/mol. The highest BCUT2D eigenvalue weighted by Crippen LogP contribution is 2.25. The van der Waals surface area contributed by atoms with E-state index in [4.69, 9.17) is 0 Å². The Morgan fingerprint density at radius 2 is 2.17 bits per heavy atom. The second kappa shape index (κ2) is 5.07. The second-order valence-electron chi connectivity index (χ2n) is 3.78. The zero-order chi connectivity index (χ0) is 13.3. The Labute approximate surface area is 117 Å². The minimum Gasteiger partial charge on any atom is -0.507 e. The lowest BCUT2D eigenvalue weighted by atomic mass is 10.2. The van der Waals surface area contributed by atoms with Crippen molar-refractivity contribution in [2.24, 2.45) is 0 Å². The fraction of sp³-hybridized carbons (Fsp3) is 0.167. The highest BCUT2D eigenvalue weighted by atomic mass is 79.9. The molecule has 0 aliphatic carbocycles. The van der Waals surface area contributed by atoms with Gasteiger partial charge in [0.25, 0.3) is 5.91 Å². The Morgan fingerprint density at radius 3 is 2.78 bits per heavy atom. The molecule has 2 aromatic rings. The van der Waals surface area contributed by atoms with Gasteiger partial charge in [0.2, 0.25) is 0 Å². The molecule has 0 spiro atoms. The maximum absolute atomic E-state index is 12.0. The number of aryl methyl sites for hydroxylation is 2. The molecule has 0 atom stereocenters. The van der Waals surface area contributed by atoms with Crippen LogP contribution in [0.15, 0.2) is 22.7 Å². The van der Waals surface area contributed by atoms with Gasteiger partial charge in [-0.15, -0.1) is 11.3 Å². The molecule has 0 radical (unpaired) electrons. The summed E-state index contributed by atoms with van der Waals surface area (Å²) >= 11 is 4.67. The Morgan fingerprint density at radius 1 is 1.44 bits per heavy atom. The van der Waals surface area contributed by atoms with Crippen LogP contribution in [0.3, 0.4) is 0 Å². The van der Waals surface area contributed by atoms with Crippen LogP contribution in [0.25, 0.3) is 0 Å². The molecule has 1 aromatic heterocycles. The number of rotatable bonds is 2. The predicted molar refractivity (Wildman–Crippen MR) is 75.3 cm³/mol. The molecule has 0 unspecified atom stereocenters. The average molecular weight is 327 g/mol. The number of carbonyl (C=O) groups is 1.